The first kappa shape index (κ1) is 10.9. The summed E-state index contributed by atoms with van der Waals surface area (Å²) in [6.07, 6.45) is -2.03. The third kappa shape index (κ3) is 2.02. The molecule has 1 aliphatic rings. The predicted molar refractivity (Wildman–Crippen MR) is 46.6 cm³/mol. The summed E-state index contributed by atoms with van der Waals surface area (Å²) >= 11 is 0. The van der Waals surface area contributed by atoms with Gasteiger partial charge in [0.2, 0.25) is 0 Å². The van der Waals surface area contributed by atoms with Gasteiger partial charge in [0.1, 0.15) is 0 Å². The van der Waals surface area contributed by atoms with Crippen molar-refractivity contribution in [2.45, 2.75) is 33.4 Å². The Morgan fingerprint density at radius 1 is 1.15 bits per heavy atom. The van der Waals surface area contributed by atoms with E-state index in [9.17, 15) is 10.2 Å². The number of aliphatic hydroxyl groups is 3. The van der Waals surface area contributed by atoms with Crippen LogP contribution in [0.25, 0.3) is 0 Å². The molecule has 4 nitrogen and oxygen atoms in total. The molecule has 0 aromatic heterocycles. The fourth-order valence-electron chi connectivity index (χ4n) is 1.99. The molecule has 0 aliphatic carbocycles. The van der Waals surface area contributed by atoms with E-state index < -0.39 is 18.5 Å². The molecule has 4 atom stereocenters. The van der Waals surface area contributed by atoms with Crippen molar-refractivity contribution in [2.24, 2.45) is 17.3 Å². The Labute approximate surface area is 78.1 Å². The molecule has 0 radical (unpaired) electrons. The van der Waals surface area contributed by atoms with Crippen molar-refractivity contribution in [3.05, 3.63) is 0 Å². The Kier molecular flexibility index (Phi) is 2.97. The summed E-state index contributed by atoms with van der Waals surface area (Å²) in [5.74, 6) is -0.623. The van der Waals surface area contributed by atoms with Crippen LogP contribution in [0, 0.1) is 17.3 Å². The Hall–Kier alpha value is -0.160. The van der Waals surface area contributed by atoms with Crippen LogP contribution in [-0.2, 0) is 4.74 Å². The van der Waals surface area contributed by atoms with Crippen molar-refractivity contribution in [1.82, 2.24) is 0 Å². The van der Waals surface area contributed by atoms with Crippen LogP contribution in [0.1, 0.15) is 20.8 Å². The van der Waals surface area contributed by atoms with Gasteiger partial charge in [0.05, 0.1) is 6.61 Å². The highest BCUT2D eigenvalue weighted by Crippen LogP contribution is 2.41. The molecule has 1 rings (SSSR count). The topological polar surface area (TPSA) is 69.9 Å². The molecule has 1 aliphatic heterocycles. The first-order chi connectivity index (χ1) is 5.88. The van der Waals surface area contributed by atoms with E-state index in [0.717, 1.165) is 0 Å². The summed E-state index contributed by atoms with van der Waals surface area (Å²) in [5, 5.41) is 27.9. The second-order valence-corrected chi connectivity index (χ2v) is 4.66. The van der Waals surface area contributed by atoms with Crippen LogP contribution >= 0.6 is 0 Å². The number of rotatable bonds is 1. The first-order valence-electron chi connectivity index (χ1n) is 4.50. The van der Waals surface area contributed by atoms with Gasteiger partial charge in [0, 0.05) is 11.8 Å². The summed E-state index contributed by atoms with van der Waals surface area (Å²) in [6.45, 7) is 5.68. The van der Waals surface area contributed by atoms with Crippen LogP contribution in [0.3, 0.4) is 0 Å². The third-order valence-electron chi connectivity index (χ3n) is 2.62. The van der Waals surface area contributed by atoms with E-state index in [2.05, 4.69) is 0 Å². The van der Waals surface area contributed by atoms with Crippen molar-refractivity contribution < 1.29 is 20.1 Å². The fraction of sp³-hybridized carbons (Fsp3) is 1.00. The lowest BCUT2D eigenvalue weighted by Gasteiger charge is -2.31. The van der Waals surface area contributed by atoms with E-state index in [0.29, 0.717) is 0 Å². The highest BCUT2D eigenvalue weighted by Gasteiger charge is 2.48. The molecule has 0 saturated carbocycles. The summed E-state index contributed by atoms with van der Waals surface area (Å²) in [6, 6.07) is 0. The molecular formula is C9H18O4. The van der Waals surface area contributed by atoms with Crippen LogP contribution in [-0.4, -0.2) is 34.5 Å². The fourth-order valence-corrected chi connectivity index (χ4v) is 1.99. The van der Waals surface area contributed by atoms with Crippen molar-refractivity contribution in [1.29, 1.82) is 0 Å². The molecule has 1 heterocycles. The smallest absolute Gasteiger partial charge is 0.163 e. The molecule has 4 heteroatoms. The van der Waals surface area contributed by atoms with Gasteiger partial charge in [-0.25, -0.2) is 0 Å². The van der Waals surface area contributed by atoms with Crippen LogP contribution in [0.5, 0.6) is 0 Å². The molecule has 0 spiro atoms. The van der Waals surface area contributed by atoms with Crippen molar-refractivity contribution >= 4 is 0 Å². The van der Waals surface area contributed by atoms with Gasteiger partial charge >= 0.3 is 0 Å². The minimum absolute atomic E-state index is 0.167. The second-order valence-electron chi connectivity index (χ2n) is 4.66. The normalized spacial score (nSPS) is 41.1. The monoisotopic (exact) mass is 190 g/mol. The van der Waals surface area contributed by atoms with E-state index >= 15 is 0 Å². The largest absolute Gasteiger partial charge is 0.396 e. The minimum atomic E-state index is -1.05. The summed E-state index contributed by atoms with van der Waals surface area (Å²) < 4.78 is 4.85. The number of hydrogen-bond acceptors (Lipinski definition) is 4. The van der Waals surface area contributed by atoms with E-state index in [1.54, 1.807) is 0 Å². The van der Waals surface area contributed by atoms with E-state index in [1.165, 1.54) is 0 Å². The third-order valence-corrected chi connectivity index (χ3v) is 2.62. The Bertz CT molecular complexity index is 175. The lowest BCUT2D eigenvalue weighted by atomic mass is 9.74. The Balaban J connectivity index is 2.81. The molecular weight excluding hydrogens is 172 g/mol. The zero-order chi connectivity index (χ0) is 10.2. The molecule has 78 valence electrons. The molecule has 13 heavy (non-hydrogen) atoms. The van der Waals surface area contributed by atoms with E-state index in [1.807, 2.05) is 20.8 Å². The van der Waals surface area contributed by atoms with Crippen LogP contribution in [0.4, 0.5) is 0 Å². The molecule has 0 aromatic rings. The van der Waals surface area contributed by atoms with Gasteiger partial charge in [-0.3, -0.25) is 0 Å². The lowest BCUT2D eigenvalue weighted by Crippen LogP contribution is -2.35. The van der Waals surface area contributed by atoms with Crippen LogP contribution < -0.4 is 0 Å². The zero-order valence-corrected chi connectivity index (χ0v) is 8.27. The quantitative estimate of drug-likeness (QED) is 0.541. The SMILES string of the molecule is CC(C)(C)C1[C@H](O)O[C@@H](O)[C@H]1CO. The van der Waals surface area contributed by atoms with Gasteiger partial charge in [-0.15, -0.1) is 0 Å². The van der Waals surface area contributed by atoms with E-state index in [4.69, 9.17) is 9.84 Å². The van der Waals surface area contributed by atoms with Gasteiger partial charge in [-0.1, -0.05) is 20.8 Å². The van der Waals surface area contributed by atoms with Crippen molar-refractivity contribution in [2.75, 3.05) is 6.61 Å². The Morgan fingerprint density at radius 2 is 1.69 bits per heavy atom. The average Bonchev–Trinajstić information content (AvgIpc) is 2.23. The van der Waals surface area contributed by atoms with Gasteiger partial charge < -0.3 is 20.1 Å². The molecule has 1 fully saturated rings. The highest BCUT2D eigenvalue weighted by atomic mass is 16.7. The number of aliphatic hydroxyl groups excluding tert-OH is 3. The molecule has 3 N–H and O–H groups in total. The number of ether oxygens (including phenoxy) is 1. The van der Waals surface area contributed by atoms with Gasteiger partial charge in [0.15, 0.2) is 12.6 Å². The lowest BCUT2D eigenvalue weighted by molar-refractivity contribution is -0.178. The molecule has 0 aromatic carbocycles. The summed E-state index contributed by atoms with van der Waals surface area (Å²) in [5.41, 5.74) is -0.190. The van der Waals surface area contributed by atoms with Crippen LogP contribution in [0.15, 0.2) is 0 Å². The zero-order valence-electron chi connectivity index (χ0n) is 8.27. The Morgan fingerprint density at radius 3 is 2.00 bits per heavy atom. The standard InChI is InChI=1S/C9H18O4/c1-9(2,3)6-5(4-10)7(11)13-8(6)12/h5-8,10-12H,4H2,1-3H3/t5-,6?,7+,8+/m0/s1. The molecule has 1 unspecified atom stereocenters. The van der Waals surface area contributed by atoms with Crippen molar-refractivity contribution in [3.8, 4) is 0 Å². The number of hydrogen-bond donors (Lipinski definition) is 3. The van der Waals surface area contributed by atoms with Crippen LogP contribution in [0.2, 0.25) is 0 Å². The van der Waals surface area contributed by atoms with Crippen molar-refractivity contribution in [3.63, 3.8) is 0 Å². The maximum Gasteiger partial charge on any atom is 0.163 e. The molecule has 1 saturated heterocycles. The average molecular weight is 190 g/mol. The summed E-state index contributed by atoms with van der Waals surface area (Å²) in [4.78, 5) is 0. The maximum absolute atomic E-state index is 9.50. The maximum atomic E-state index is 9.50. The highest BCUT2D eigenvalue weighted by molar-refractivity contribution is 4.88. The van der Waals surface area contributed by atoms with Gasteiger partial charge in [-0.05, 0) is 5.41 Å². The second kappa shape index (κ2) is 3.53. The van der Waals surface area contributed by atoms with Gasteiger partial charge in [0.25, 0.3) is 0 Å². The van der Waals surface area contributed by atoms with E-state index in [-0.39, 0.29) is 17.9 Å². The van der Waals surface area contributed by atoms with Gasteiger partial charge in [-0.2, -0.15) is 0 Å². The minimum Gasteiger partial charge on any atom is -0.396 e. The molecule has 0 amide bonds. The first-order valence-corrected chi connectivity index (χ1v) is 4.50. The molecule has 0 bridgehead atoms. The predicted octanol–water partition coefficient (Wildman–Crippen LogP) is -0.0758. The summed E-state index contributed by atoms with van der Waals surface area (Å²) in [7, 11) is 0.